The van der Waals surface area contributed by atoms with Crippen LogP contribution in [0.3, 0.4) is 0 Å². The average molecular weight is 298 g/mol. The van der Waals surface area contributed by atoms with Crippen LogP contribution in [0.5, 0.6) is 5.75 Å². The standard InChI is InChI=1S/C20H26O2/c1-19(2,3)13-8-16-15-10-14(21)7-12(15)11-22-18(16)17(9-13)20(4,5)6/h8-10,12H,7,11H2,1-6H3. The van der Waals surface area contributed by atoms with Crippen LogP contribution in [0.1, 0.15) is 64.7 Å². The summed E-state index contributed by atoms with van der Waals surface area (Å²) in [4.78, 5) is 11.9. The summed E-state index contributed by atoms with van der Waals surface area (Å²) in [5.74, 6) is 1.45. The maximum Gasteiger partial charge on any atom is 0.156 e. The first kappa shape index (κ1) is 15.3. The second-order valence-corrected chi connectivity index (χ2v) is 8.68. The molecule has 0 spiro atoms. The fourth-order valence-corrected chi connectivity index (χ4v) is 3.32. The fraction of sp³-hybridized carbons (Fsp3) is 0.550. The van der Waals surface area contributed by atoms with Crippen LogP contribution in [-0.4, -0.2) is 12.4 Å². The molecule has 22 heavy (non-hydrogen) atoms. The molecule has 1 aliphatic carbocycles. The van der Waals surface area contributed by atoms with Crippen LogP contribution in [0, 0.1) is 5.92 Å². The van der Waals surface area contributed by atoms with Crippen LogP contribution >= 0.6 is 0 Å². The minimum Gasteiger partial charge on any atom is -0.492 e. The second-order valence-electron chi connectivity index (χ2n) is 8.68. The molecule has 0 radical (unpaired) electrons. The van der Waals surface area contributed by atoms with Crippen molar-refractivity contribution in [2.24, 2.45) is 5.92 Å². The third-order valence-corrected chi connectivity index (χ3v) is 4.71. The van der Waals surface area contributed by atoms with E-state index in [1.165, 1.54) is 16.7 Å². The monoisotopic (exact) mass is 298 g/mol. The van der Waals surface area contributed by atoms with Gasteiger partial charge in [-0.2, -0.15) is 0 Å². The Labute approximate surface area is 133 Å². The Morgan fingerprint density at radius 3 is 2.32 bits per heavy atom. The Balaban J connectivity index is 2.27. The Kier molecular flexibility index (Phi) is 3.28. The summed E-state index contributed by atoms with van der Waals surface area (Å²) in [6.45, 7) is 14.0. The molecule has 0 saturated carbocycles. The second kappa shape index (κ2) is 4.71. The lowest BCUT2D eigenvalue weighted by molar-refractivity contribution is -0.114. The molecule has 1 aromatic carbocycles. The van der Waals surface area contributed by atoms with Crippen LogP contribution < -0.4 is 4.74 Å². The van der Waals surface area contributed by atoms with Crippen LogP contribution in [0.15, 0.2) is 18.2 Å². The van der Waals surface area contributed by atoms with Gasteiger partial charge in [-0.1, -0.05) is 47.6 Å². The highest BCUT2D eigenvalue weighted by Gasteiger charge is 2.36. The number of allylic oxidation sites excluding steroid dienone is 1. The zero-order valence-corrected chi connectivity index (χ0v) is 14.5. The summed E-state index contributed by atoms with van der Waals surface area (Å²) in [7, 11) is 0. The first-order chi connectivity index (χ1) is 10.1. The van der Waals surface area contributed by atoms with Gasteiger partial charge in [0.2, 0.25) is 0 Å². The molecule has 0 fully saturated rings. The molecule has 0 saturated heterocycles. The molecule has 1 aliphatic heterocycles. The molecule has 2 aliphatic rings. The molecule has 2 heteroatoms. The average Bonchev–Trinajstić information content (AvgIpc) is 2.75. The van der Waals surface area contributed by atoms with Gasteiger partial charge in [0.25, 0.3) is 0 Å². The van der Waals surface area contributed by atoms with Crippen LogP contribution in [0.25, 0.3) is 5.57 Å². The third-order valence-electron chi connectivity index (χ3n) is 4.71. The van der Waals surface area contributed by atoms with Crippen LogP contribution in [0.4, 0.5) is 0 Å². The van der Waals surface area contributed by atoms with Gasteiger partial charge in [-0.25, -0.2) is 0 Å². The molecular weight excluding hydrogens is 272 g/mol. The number of hydrogen-bond donors (Lipinski definition) is 0. The Hall–Kier alpha value is -1.57. The predicted molar refractivity (Wildman–Crippen MR) is 90.4 cm³/mol. The number of benzene rings is 1. The van der Waals surface area contributed by atoms with E-state index in [2.05, 4.69) is 53.7 Å². The first-order valence-electron chi connectivity index (χ1n) is 8.14. The molecule has 0 bridgehead atoms. The highest BCUT2D eigenvalue weighted by molar-refractivity contribution is 6.03. The van der Waals surface area contributed by atoms with Crippen molar-refractivity contribution in [2.75, 3.05) is 6.61 Å². The minimum atomic E-state index is 0.0152. The topological polar surface area (TPSA) is 26.3 Å². The summed E-state index contributed by atoms with van der Waals surface area (Å²) in [5.41, 5.74) is 4.96. The molecule has 3 rings (SSSR count). The Morgan fingerprint density at radius 2 is 1.73 bits per heavy atom. The quantitative estimate of drug-likeness (QED) is 0.697. The van der Waals surface area contributed by atoms with Gasteiger partial charge in [0.15, 0.2) is 5.78 Å². The number of ether oxygens (including phenoxy) is 1. The highest BCUT2D eigenvalue weighted by atomic mass is 16.5. The molecule has 1 heterocycles. The summed E-state index contributed by atoms with van der Waals surface area (Å²) in [6, 6.07) is 4.53. The molecule has 2 nitrogen and oxygen atoms in total. The van der Waals surface area contributed by atoms with E-state index in [9.17, 15) is 4.79 Å². The Bertz CT molecular complexity index is 666. The summed E-state index contributed by atoms with van der Waals surface area (Å²) in [6.07, 6.45) is 2.43. The van der Waals surface area contributed by atoms with Gasteiger partial charge >= 0.3 is 0 Å². The Morgan fingerprint density at radius 1 is 1.05 bits per heavy atom. The number of fused-ring (bicyclic) bond motifs is 3. The van der Waals surface area contributed by atoms with Crippen molar-refractivity contribution in [1.29, 1.82) is 0 Å². The van der Waals surface area contributed by atoms with Crippen molar-refractivity contribution >= 4 is 11.4 Å². The van der Waals surface area contributed by atoms with Gasteiger partial charge in [-0.15, -0.1) is 0 Å². The molecule has 0 aromatic heterocycles. The molecule has 0 amide bonds. The van der Waals surface area contributed by atoms with E-state index in [1.54, 1.807) is 0 Å². The van der Waals surface area contributed by atoms with E-state index in [-0.39, 0.29) is 22.5 Å². The molecule has 118 valence electrons. The van der Waals surface area contributed by atoms with Crippen LogP contribution in [0.2, 0.25) is 0 Å². The molecule has 1 unspecified atom stereocenters. The minimum absolute atomic E-state index is 0.0152. The van der Waals surface area contributed by atoms with Crippen molar-refractivity contribution in [3.63, 3.8) is 0 Å². The van der Waals surface area contributed by atoms with Gasteiger partial charge in [-0.3, -0.25) is 4.79 Å². The zero-order chi connectivity index (χ0) is 16.3. The number of hydrogen-bond acceptors (Lipinski definition) is 2. The number of ketones is 1. The lowest BCUT2D eigenvalue weighted by atomic mass is 9.76. The predicted octanol–water partition coefficient (Wildman–Crippen LogP) is 4.65. The van der Waals surface area contributed by atoms with Gasteiger partial charge in [0, 0.05) is 23.5 Å². The van der Waals surface area contributed by atoms with E-state index in [0.717, 1.165) is 11.3 Å². The largest absolute Gasteiger partial charge is 0.492 e. The lowest BCUT2D eigenvalue weighted by Crippen LogP contribution is -2.24. The lowest BCUT2D eigenvalue weighted by Gasteiger charge is -2.33. The number of carbonyl (C=O) groups excluding carboxylic acids is 1. The number of carbonyl (C=O) groups is 1. The molecular formula is C20H26O2. The van der Waals surface area contributed by atoms with Crippen molar-refractivity contribution < 1.29 is 9.53 Å². The third kappa shape index (κ3) is 2.49. The van der Waals surface area contributed by atoms with E-state index in [0.29, 0.717) is 13.0 Å². The normalized spacial score (nSPS) is 21.1. The van der Waals surface area contributed by atoms with E-state index in [4.69, 9.17) is 4.74 Å². The van der Waals surface area contributed by atoms with Gasteiger partial charge < -0.3 is 4.74 Å². The smallest absolute Gasteiger partial charge is 0.156 e. The van der Waals surface area contributed by atoms with Crippen molar-refractivity contribution in [1.82, 2.24) is 0 Å². The van der Waals surface area contributed by atoms with Crippen molar-refractivity contribution in [2.45, 2.75) is 58.8 Å². The summed E-state index contributed by atoms with van der Waals surface area (Å²) in [5, 5.41) is 0. The van der Waals surface area contributed by atoms with Gasteiger partial charge in [0.1, 0.15) is 5.75 Å². The maximum atomic E-state index is 11.9. The summed E-state index contributed by atoms with van der Waals surface area (Å²) < 4.78 is 6.12. The SMILES string of the molecule is CC(C)(C)c1cc2c(c(C(C)(C)C)c1)OCC1CC(=O)C=C21. The van der Waals surface area contributed by atoms with Gasteiger partial charge in [0.05, 0.1) is 6.61 Å². The van der Waals surface area contributed by atoms with Crippen LogP contribution in [-0.2, 0) is 15.6 Å². The van der Waals surface area contributed by atoms with E-state index < -0.39 is 0 Å². The highest BCUT2D eigenvalue weighted by Crippen LogP contribution is 2.47. The molecule has 1 atom stereocenters. The van der Waals surface area contributed by atoms with E-state index >= 15 is 0 Å². The number of rotatable bonds is 0. The van der Waals surface area contributed by atoms with Crippen molar-refractivity contribution in [3.05, 3.63) is 34.9 Å². The first-order valence-corrected chi connectivity index (χ1v) is 8.14. The maximum absolute atomic E-state index is 11.9. The fourth-order valence-electron chi connectivity index (χ4n) is 3.32. The van der Waals surface area contributed by atoms with Crippen molar-refractivity contribution in [3.8, 4) is 5.75 Å². The van der Waals surface area contributed by atoms with Gasteiger partial charge in [-0.05, 0) is 34.1 Å². The summed E-state index contributed by atoms with van der Waals surface area (Å²) >= 11 is 0. The molecule has 0 N–H and O–H groups in total. The van der Waals surface area contributed by atoms with E-state index in [1.807, 2.05) is 6.08 Å². The zero-order valence-electron chi connectivity index (χ0n) is 14.5. The molecule has 1 aromatic rings.